The lowest BCUT2D eigenvalue weighted by Gasteiger charge is -2.20. The highest BCUT2D eigenvalue weighted by Gasteiger charge is 2.26. The molecule has 3 unspecified atom stereocenters. The monoisotopic (exact) mass is 465 g/mol. The molecule has 1 aromatic carbocycles. The molecule has 9 N–H and O–H groups in total. The molecule has 0 fully saturated rings. The van der Waals surface area contributed by atoms with Crippen molar-refractivity contribution in [3.8, 4) is 0 Å². The van der Waals surface area contributed by atoms with Crippen molar-refractivity contribution in [2.45, 2.75) is 43.8 Å². The summed E-state index contributed by atoms with van der Waals surface area (Å²) in [5, 5.41) is 24.5. The second-order valence-electron chi connectivity index (χ2n) is 7.14. The van der Waals surface area contributed by atoms with Crippen LogP contribution in [-0.2, 0) is 35.2 Å². The zero-order valence-electron chi connectivity index (χ0n) is 17.7. The molecule has 0 aromatic heterocycles. The number of nitrogens with one attached hydrogen (secondary N) is 3. The predicted octanol–water partition coefficient (Wildman–Crippen LogP) is -2.53. The maximum absolute atomic E-state index is 12.4. The third-order valence-electron chi connectivity index (χ3n) is 4.38. The van der Waals surface area contributed by atoms with Gasteiger partial charge in [0.15, 0.2) is 0 Å². The molecular formula is C20H27N5O8. The Morgan fingerprint density at radius 3 is 2.09 bits per heavy atom. The summed E-state index contributed by atoms with van der Waals surface area (Å²) in [7, 11) is 0. The van der Waals surface area contributed by atoms with E-state index in [4.69, 9.17) is 21.7 Å². The normalized spacial score (nSPS) is 13.1. The average Bonchev–Trinajstić information content (AvgIpc) is 2.74. The number of nitrogens with two attached hydrogens (primary N) is 2. The SMILES string of the molecule is NC(=O)CC(NC(=O)CNC(=O)C(CCC(=O)O)NC(=O)C(N)Cc1ccccc1)C(=O)O. The number of carboxylic acid groups (broad SMARTS) is 2. The van der Waals surface area contributed by atoms with Gasteiger partial charge in [-0.15, -0.1) is 0 Å². The molecule has 13 heteroatoms. The van der Waals surface area contributed by atoms with Crippen LogP contribution in [0, 0.1) is 0 Å². The standard InChI is InChI=1S/C20H27N5O8/c21-12(8-11-4-2-1-3-5-11)18(30)25-13(6-7-17(28)29)19(31)23-10-16(27)24-14(20(32)33)9-15(22)26/h1-5,12-14H,6-10,21H2,(H2,22,26)(H,23,31)(H,24,27)(H,25,30)(H,28,29)(H,32,33). The molecule has 0 radical (unpaired) electrons. The molecule has 4 amide bonds. The Morgan fingerprint density at radius 2 is 1.55 bits per heavy atom. The third-order valence-corrected chi connectivity index (χ3v) is 4.38. The summed E-state index contributed by atoms with van der Waals surface area (Å²) in [6.07, 6.45) is -1.19. The van der Waals surface area contributed by atoms with Gasteiger partial charge in [-0.05, 0) is 18.4 Å². The number of amides is 4. The summed E-state index contributed by atoms with van der Waals surface area (Å²) in [6.45, 7) is -0.684. The van der Waals surface area contributed by atoms with E-state index >= 15 is 0 Å². The van der Waals surface area contributed by atoms with Crippen LogP contribution >= 0.6 is 0 Å². The molecule has 0 aliphatic rings. The molecule has 0 bridgehead atoms. The first-order valence-corrected chi connectivity index (χ1v) is 9.89. The highest BCUT2D eigenvalue weighted by molar-refractivity contribution is 5.93. The van der Waals surface area contributed by atoms with E-state index in [9.17, 15) is 28.8 Å². The minimum Gasteiger partial charge on any atom is -0.481 e. The largest absolute Gasteiger partial charge is 0.481 e. The van der Waals surface area contributed by atoms with Gasteiger partial charge >= 0.3 is 11.9 Å². The molecule has 1 aromatic rings. The van der Waals surface area contributed by atoms with Gasteiger partial charge in [-0.2, -0.15) is 0 Å². The smallest absolute Gasteiger partial charge is 0.326 e. The average molecular weight is 465 g/mol. The van der Waals surface area contributed by atoms with Crippen molar-refractivity contribution in [1.82, 2.24) is 16.0 Å². The van der Waals surface area contributed by atoms with Crippen LogP contribution in [0.3, 0.4) is 0 Å². The number of hydrogen-bond donors (Lipinski definition) is 7. The van der Waals surface area contributed by atoms with Crippen LogP contribution in [0.2, 0.25) is 0 Å². The van der Waals surface area contributed by atoms with E-state index in [2.05, 4.69) is 10.6 Å². The number of carbonyl (C=O) groups is 6. The molecule has 0 saturated heterocycles. The topological polar surface area (TPSA) is 231 Å². The van der Waals surface area contributed by atoms with Crippen LogP contribution in [0.25, 0.3) is 0 Å². The van der Waals surface area contributed by atoms with Gasteiger partial charge in [0.25, 0.3) is 0 Å². The maximum Gasteiger partial charge on any atom is 0.326 e. The van der Waals surface area contributed by atoms with Crippen LogP contribution in [0.5, 0.6) is 0 Å². The van der Waals surface area contributed by atoms with E-state index in [0.717, 1.165) is 5.56 Å². The zero-order valence-corrected chi connectivity index (χ0v) is 17.7. The molecule has 3 atom stereocenters. The van der Waals surface area contributed by atoms with Gasteiger partial charge in [-0.3, -0.25) is 24.0 Å². The Kier molecular flexibility index (Phi) is 11.0. The summed E-state index contributed by atoms with van der Waals surface area (Å²) in [4.78, 5) is 69.6. The maximum atomic E-state index is 12.4. The molecule has 1 rings (SSSR count). The summed E-state index contributed by atoms with van der Waals surface area (Å²) < 4.78 is 0. The van der Waals surface area contributed by atoms with Crippen molar-refractivity contribution in [3.63, 3.8) is 0 Å². The van der Waals surface area contributed by atoms with Gasteiger partial charge in [0.05, 0.1) is 19.0 Å². The first-order valence-electron chi connectivity index (χ1n) is 9.89. The number of rotatable bonds is 14. The van der Waals surface area contributed by atoms with E-state index in [1.807, 2.05) is 5.32 Å². The Balaban J connectivity index is 2.70. The predicted molar refractivity (Wildman–Crippen MR) is 113 cm³/mol. The Bertz CT molecular complexity index is 876. The number of primary amides is 1. The molecule has 0 spiro atoms. The van der Waals surface area contributed by atoms with Crippen molar-refractivity contribution < 1.29 is 39.0 Å². The van der Waals surface area contributed by atoms with Gasteiger partial charge in [-0.1, -0.05) is 30.3 Å². The molecule has 0 aliphatic heterocycles. The lowest BCUT2D eigenvalue weighted by atomic mass is 10.0. The van der Waals surface area contributed by atoms with Crippen molar-refractivity contribution in [1.29, 1.82) is 0 Å². The highest BCUT2D eigenvalue weighted by atomic mass is 16.4. The number of aliphatic carboxylic acids is 2. The van der Waals surface area contributed by atoms with Crippen molar-refractivity contribution >= 4 is 35.6 Å². The minimum absolute atomic E-state index is 0.179. The van der Waals surface area contributed by atoms with Crippen molar-refractivity contribution in [2.75, 3.05) is 6.54 Å². The summed E-state index contributed by atoms with van der Waals surface area (Å²) >= 11 is 0. The fraction of sp³-hybridized carbons (Fsp3) is 0.400. The number of hydrogen-bond acceptors (Lipinski definition) is 7. The first-order chi connectivity index (χ1) is 15.5. The van der Waals surface area contributed by atoms with Crippen LogP contribution in [-0.4, -0.2) is 70.5 Å². The molecule has 33 heavy (non-hydrogen) atoms. The highest BCUT2D eigenvalue weighted by Crippen LogP contribution is 2.04. The first kappa shape index (κ1) is 27.0. The summed E-state index contributed by atoms with van der Waals surface area (Å²) in [5.74, 6) is -6.14. The Morgan fingerprint density at radius 1 is 0.909 bits per heavy atom. The Hall–Kier alpha value is -4.00. The molecular weight excluding hydrogens is 438 g/mol. The van der Waals surface area contributed by atoms with E-state index in [1.165, 1.54) is 0 Å². The van der Waals surface area contributed by atoms with E-state index in [0.29, 0.717) is 0 Å². The van der Waals surface area contributed by atoms with E-state index < -0.39 is 73.1 Å². The van der Waals surface area contributed by atoms with Crippen LogP contribution in [0.1, 0.15) is 24.8 Å². The third kappa shape index (κ3) is 10.7. The fourth-order valence-corrected chi connectivity index (χ4v) is 2.71. The number of carboxylic acids is 2. The van der Waals surface area contributed by atoms with Gasteiger partial charge in [0.2, 0.25) is 23.6 Å². The van der Waals surface area contributed by atoms with Crippen LogP contribution in [0.4, 0.5) is 0 Å². The fourth-order valence-electron chi connectivity index (χ4n) is 2.71. The van der Waals surface area contributed by atoms with Gasteiger partial charge in [0.1, 0.15) is 12.1 Å². The second kappa shape index (κ2) is 13.4. The van der Waals surface area contributed by atoms with Gasteiger partial charge in [0, 0.05) is 6.42 Å². The van der Waals surface area contributed by atoms with Crippen LogP contribution < -0.4 is 27.4 Å². The summed E-state index contributed by atoms with van der Waals surface area (Å²) in [6, 6.07) is 4.98. The van der Waals surface area contributed by atoms with E-state index in [-0.39, 0.29) is 12.8 Å². The quantitative estimate of drug-likeness (QED) is 0.153. The van der Waals surface area contributed by atoms with Crippen molar-refractivity contribution in [2.24, 2.45) is 11.5 Å². The minimum atomic E-state index is -1.58. The van der Waals surface area contributed by atoms with Crippen LogP contribution in [0.15, 0.2) is 30.3 Å². The lowest BCUT2D eigenvalue weighted by molar-refractivity contribution is -0.143. The molecule has 0 saturated carbocycles. The van der Waals surface area contributed by atoms with Gasteiger partial charge in [-0.25, -0.2) is 4.79 Å². The lowest BCUT2D eigenvalue weighted by Crippen LogP contribution is -2.54. The second-order valence-corrected chi connectivity index (χ2v) is 7.14. The molecule has 0 aliphatic carbocycles. The Labute approximate surface area is 188 Å². The van der Waals surface area contributed by atoms with E-state index in [1.54, 1.807) is 30.3 Å². The molecule has 13 nitrogen and oxygen atoms in total. The molecule has 180 valence electrons. The zero-order chi connectivity index (χ0) is 25.0. The van der Waals surface area contributed by atoms with Gasteiger partial charge < -0.3 is 37.6 Å². The molecule has 0 heterocycles. The summed E-state index contributed by atoms with van der Waals surface area (Å²) in [5.41, 5.74) is 11.6. The number of benzene rings is 1. The number of carbonyl (C=O) groups excluding carboxylic acids is 4. The van der Waals surface area contributed by atoms with Crippen molar-refractivity contribution in [3.05, 3.63) is 35.9 Å².